The number of hydrazine groups is 2. The number of aliphatic hydroxyl groups excluding tert-OH is 1. The molecule has 0 bridgehead atoms. The molecule has 6 aromatic heterocycles. The van der Waals surface area contributed by atoms with Gasteiger partial charge in [-0.25, -0.2) is 10.6 Å². The highest BCUT2D eigenvalue weighted by molar-refractivity contribution is 6.75. The smallest absolute Gasteiger partial charge is 0.328 e. The molecule has 670 valence electrons. The third-order valence-electron chi connectivity index (χ3n) is 23.2. The Morgan fingerprint density at radius 2 is 0.712 bits per heavy atom. The summed E-state index contributed by atoms with van der Waals surface area (Å²) in [6.07, 6.45) is 5.05. The first-order valence-electron chi connectivity index (χ1n) is 40.9. The Labute approximate surface area is 733 Å². The lowest BCUT2D eigenvalue weighted by Crippen LogP contribution is -2.53. The number of amides is 7. The molecule has 0 saturated heterocycles. The Bertz CT molecular complexity index is 5190. The lowest BCUT2D eigenvalue weighted by atomic mass is 9.79. The zero-order valence-electron chi connectivity index (χ0n) is 72.9. The molecule has 4 aliphatic carbocycles. The van der Waals surface area contributed by atoms with Gasteiger partial charge < -0.3 is 71.7 Å². The minimum Gasteiger partial charge on any atom is -0.480 e. The van der Waals surface area contributed by atoms with E-state index in [9.17, 15) is 38.4 Å². The number of nitrogens with two attached hydrogens (primary N) is 1. The number of hydrogen-bond acceptors (Lipinski definition) is 27. The van der Waals surface area contributed by atoms with E-state index >= 15 is 0 Å². The quantitative estimate of drug-likeness (QED) is 0.0104. The van der Waals surface area contributed by atoms with Crippen molar-refractivity contribution in [1.82, 2.24) is 78.6 Å². The second-order valence-electron chi connectivity index (χ2n) is 35.4. The van der Waals surface area contributed by atoms with Gasteiger partial charge in [0.1, 0.15) is 26.4 Å². The van der Waals surface area contributed by atoms with Crippen LogP contribution < -0.4 is 43.4 Å². The van der Waals surface area contributed by atoms with Gasteiger partial charge in [0, 0.05) is 94.4 Å². The van der Waals surface area contributed by atoms with Crippen LogP contribution >= 0.6 is 12.4 Å². The molecule has 125 heavy (non-hydrogen) atoms. The number of nitrogens with zero attached hydrogens (tertiary/aromatic N) is 8. The van der Waals surface area contributed by atoms with Gasteiger partial charge in [0.25, 0.3) is 29.5 Å². The second kappa shape index (κ2) is 42.9. The van der Waals surface area contributed by atoms with Crippen molar-refractivity contribution >= 4 is 84.7 Å². The van der Waals surface area contributed by atoms with Crippen LogP contribution in [0.15, 0.2) is 173 Å². The van der Waals surface area contributed by atoms with Gasteiger partial charge in [0.15, 0.2) is 70.8 Å². The third kappa shape index (κ3) is 27.3. The van der Waals surface area contributed by atoms with Crippen molar-refractivity contribution in [2.24, 2.45) is 17.7 Å². The molecule has 6 heterocycles. The van der Waals surface area contributed by atoms with Crippen LogP contribution in [0.4, 0.5) is 0 Å². The number of nitrogens with one attached hydrogen (secondary N) is 7. The van der Waals surface area contributed by atoms with Crippen molar-refractivity contribution in [2.45, 2.75) is 217 Å². The number of rotatable bonds is 26. The fourth-order valence-electron chi connectivity index (χ4n) is 12.0. The molecule has 4 aliphatic rings. The molecule has 35 nitrogen and oxygen atoms in total. The number of aliphatic carboxylic acids is 1. The van der Waals surface area contributed by atoms with E-state index in [1.54, 1.807) is 24.3 Å². The van der Waals surface area contributed by atoms with Crippen molar-refractivity contribution in [3.05, 3.63) is 192 Å². The van der Waals surface area contributed by atoms with Crippen LogP contribution in [0.1, 0.15) is 191 Å². The fourth-order valence-corrected chi connectivity index (χ4v) is 14.8. The number of carbonyl (C=O) groups is 8. The molecule has 14 rings (SSSR count). The molecule has 4 aromatic carbocycles. The first-order valence-corrected chi connectivity index (χ1v) is 49.7. The number of halogens is 1. The van der Waals surface area contributed by atoms with Crippen LogP contribution in [0.3, 0.4) is 0 Å². The summed E-state index contributed by atoms with van der Waals surface area (Å²) >= 11 is 0. The Morgan fingerprint density at radius 1 is 0.416 bits per heavy atom. The normalized spacial score (nSPS) is 18.3. The van der Waals surface area contributed by atoms with Crippen molar-refractivity contribution in [2.75, 3.05) is 13.2 Å². The third-order valence-corrected chi connectivity index (χ3v) is 36.6. The standard InChI is InChI=1S/C23H32N4O5Si.C23H30N4O4Si.C17H16N4O4.C15H16N4O3.C8H18O3Si.ClH/c1-23(2,3)33(4,5)31-14-20(28)25-26-21(29)16-11-17(12-16)24-22(30)18-13-19(32-27-18)15-9-7-6-8-10-15;1-23(2,3)32(4,5)29-14-20-25-26-22(30-20)16-11-17(12-16)24-21(28)18-13-19(31-27-18)15-9-7-6-8-10-15;22-9-15-19-20-17(24-15)11-6-12(7-11)18-16(23)13-8-14(25-21-13)10-4-2-1-3-5-10;16-18-14(20)10-6-11(7-10)17-15(21)12-8-13(22-19-12)9-4-2-1-3-5-9;1-8(2,3)12(4,5)11-6-7(9)10;/h6-10,13,16-17H,11-12,14H2,1-5H3,(H,24,30)(H,25,28)(H,26,29);6-10,13,16-17H,11-12,14H2,1-5H3,(H,24,28);1-5,8,11-12,22H,6-7,9H2,(H,18,23);1-5,8,10-11H,6-7,16H2,(H,17,21)(H,18,20);6H2,1-5H3,(H,9,10);1H. The Kier molecular flexibility index (Phi) is 33.4. The molecule has 4 fully saturated rings. The van der Waals surface area contributed by atoms with Gasteiger partial charge >= 0.3 is 5.97 Å². The summed E-state index contributed by atoms with van der Waals surface area (Å²) in [5.41, 5.74) is 11.4. The van der Waals surface area contributed by atoms with Gasteiger partial charge in [-0.05, 0) is 106 Å². The molecule has 11 N–H and O–H groups in total. The van der Waals surface area contributed by atoms with Crippen LogP contribution in [0, 0.1) is 11.8 Å². The largest absolute Gasteiger partial charge is 0.480 e. The van der Waals surface area contributed by atoms with E-state index in [-0.39, 0.29) is 159 Å². The maximum atomic E-state index is 12.5. The zero-order valence-corrected chi connectivity index (χ0v) is 76.7. The molecule has 0 spiro atoms. The topological polar surface area (TPSA) is 497 Å². The summed E-state index contributed by atoms with van der Waals surface area (Å²) in [7, 11) is -5.76. The molecule has 39 heteroatoms. The van der Waals surface area contributed by atoms with E-state index in [2.05, 4.69) is 167 Å². The predicted octanol–water partition coefficient (Wildman–Crippen LogP) is 13.2. The molecule has 0 radical (unpaired) electrons. The van der Waals surface area contributed by atoms with Crippen LogP contribution in [0.5, 0.6) is 0 Å². The lowest BCUT2D eigenvalue weighted by molar-refractivity contribution is -0.139. The molecular weight excluding hydrogens is 1680 g/mol. The summed E-state index contributed by atoms with van der Waals surface area (Å²) in [5.74, 6) is 5.99. The van der Waals surface area contributed by atoms with Crippen LogP contribution in [0.25, 0.3) is 45.3 Å². The number of carbonyl (C=O) groups excluding carboxylic acids is 7. The molecule has 10 aromatic rings. The predicted molar refractivity (Wildman–Crippen MR) is 468 cm³/mol. The zero-order chi connectivity index (χ0) is 89.9. The van der Waals surface area contributed by atoms with Crippen molar-refractivity contribution in [1.29, 1.82) is 0 Å². The molecular formula is C86H113ClN16O19Si3. The van der Waals surface area contributed by atoms with E-state index in [0.29, 0.717) is 85.8 Å². The van der Waals surface area contributed by atoms with E-state index < -0.39 is 36.8 Å². The van der Waals surface area contributed by atoms with Crippen molar-refractivity contribution < 1.29 is 88.8 Å². The Balaban J connectivity index is 0.000000182. The number of aromatic nitrogens is 8. The van der Waals surface area contributed by atoms with E-state index in [1.165, 1.54) is 0 Å². The van der Waals surface area contributed by atoms with Gasteiger partial charge in [0.05, 0.1) is 0 Å². The summed E-state index contributed by atoms with van der Waals surface area (Å²) in [4.78, 5) is 95.1. The fraction of sp³-hybridized carbons (Fsp3) is 0.442. The summed E-state index contributed by atoms with van der Waals surface area (Å²) in [5, 5.41) is 60.5. The minimum absolute atomic E-state index is 0. The number of carboxylic acids is 1. The second-order valence-corrected chi connectivity index (χ2v) is 49.9. The van der Waals surface area contributed by atoms with Crippen LogP contribution in [-0.2, 0) is 45.7 Å². The highest BCUT2D eigenvalue weighted by Crippen LogP contribution is 2.42. The van der Waals surface area contributed by atoms with Gasteiger partial charge in [-0.15, -0.1) is 32.8 Å². The van der Waals surface area contributed by atoms with Crippen molar-refractivity contribution in [3.63, 3.8) is 0 Å². The lowest BCUT2D eigenvalue weighted by Gasteiger charge is -2.36. The summed E-state index contributed by atoms with van der Waals surface area (Å²) in [6, 6.07) is 44.3. The van der Waals surface area contributed by atoms with E-state index in [4.69, 9.17) is 56.3 Å². The average molecular weight is 1790 g/mol. The summed E-state index contributed by atoms with van der Waals surface area (Å²) < 4.78 is 49.5. The Morgan fingerprint density at radius 3 is 1.02 bits per heavy atom. The minimum atomic E-state index is -2.04. The number of carboxylic acid groups (broad SMARTS) is 1. The Hall–Kier alpha value is -11.5. The molecule has 0 aliphatic heterocycles. The highest BCUT2D eigenvalue weighted by Gasteiger charge is 2.43. The van der Waals surface area contributed by atoms with Gasteiger partial charge in [-0.3, -0.25) is 49.8 Å². The maximum absolute atomic E-state index is 12.5. The van der Waals surface area contributed by atoms with Gasteiger partial charge in [-0.2, -0.15) is 0 Å². The SMILES string of the molecule is CC(C)(C)[Si](C)(C)OCC(=O)NNC(=O)C1CC(NC(=O)c2cc(-c3ccccc3)on2)C1.CC(C)(C)[Si](C)(C)OCC(=O)O.CC(C)(C)[Si](C)(C)OCc1nnc(C2CC(NC(=O)c3cc(-c4ccccc4)on3)C2)o1.Cl.NNC(=O)C1CC(NC(=O)c2cc(-c3ccccc3)on2)C1.O=C(NC1CC(c2nnc(CO)o2)C1)c1cc(-c2ccccc2)on1. The number of benzene rings is 4. The summed E-state index contributed by atoms with van der Waals surface area (Å²) in [6.45, 7) is 31.5. The van der Waals surface area contributed by atoms with Crippen molar-refractivity contribution in [3.8, 4) is 45.3 Å². The average Bonchev–Trinajstić information content (AvgIpc) is 1.70. The monoisotopic (exact) mass is 1790 g/mol. The van der Waals surface area contributed by atoms with Gasteiger partial charge in [-0.1, -0.05) is 204 Å². The van der Waals surface area contributed by atoms with Crippen LogP contribution in [0.2, 0.25) is 54.4 Å². The molecule has 4 saturated carbocycles. The molecule has 0 atom stereocenters. The molecule has 0 unspecified atom stereocenters. The first-order chi connectivity index (χ1) is 58.6. The maximum Gasteiger partial charge on any atom is 0.328 e. The van der Waals surface area contributed by atoms with Crippen LogP contribution in [-0.4, -0.2) is 161 Å². The van der Waals surface area contributed by atoms with E-state index in [1.807, 2.05) is 134 Å². The number of aliphatic hydroxyl groups is 1. The number of hydrogen-bond donors (Lipinski definition) is 10. The van der Waals surface area contributed by atoms with Gasteiger partial charge in [0.2, 0.25) is 35.4 Å². The highest BCUT2D eigenvalue weighted by atomic mass is 35.5. The molecule has 7 amide bonds. The first kappa shape index (κ1) is 97.3. The van der Waals surface area contributed by atoms with E-state index in [0.717, 1.165) is 35.1 Å².